The number of fused-ring (bicyclic) bond motifs is 10. The molecule has 0 saturated carbocycles. The number of aromatic nitrogens is 6. The van der Waals surface area contributed by atoms with Gasteiger partial charge >= 0.3 is 64.4 Å². The molecule has 10 aliphatic heterocycles. The number of ether oxygens (including phenoxy) is 1. The molecule has 824 valence electrons. The second-order valence-electron chi connectivity index (χ2n) is 35.9. The van der Waals surface area contributed by atoms with Crippen molar-refractivity contribution < 1.29 is 133 Å². The van der Waals surface area contributed by atoms with Crippen LogP contribution in [0, 0.1) is 0 Å². The summed E-state index contributed by atoms with van der Waals surface area (Å²) < 4.78 is 56.3. The maximum atomic E-state index is 12.8. The number of carboxylic acids is 3. The molecule has 51 nitrogen and oxygen atoms in total. The summed E-state index contributed by atoms with van der Waals surface area (Å²) in [7, 11) is -3.34. The standard InChI is InChI=1S/C20H27N3O4.C19H24N4O3.C14H16N2O4.C12H18N4O3.C11H17N5O6S.C6H12O2.C5H12N2O.C5H10O2.C4H9NO2.H4N2.H2O/c1-2-3-9-17(24)12-21-19(25)18-11-10-16-13-22(18)20(26)23(16)27-14-15-7-5-4-6-8-15;1-2-3-9-17-20-21-18(26-17)16-11-10-15-12-22(16)19(24)23(15)25-13-14-7-5-4-6-8-14;17-13(18)12-7-6-11-8-15(12)14(19)16(11)20-9-10-4-2-1-3-5-10;1-2-3-4-10-13-14-11(19-10)9-6-5-8-7-15(9)12(17)16(8)18;12-5-1-2-9-13-14-10(21-9)8-4-3-7-6-15(8)11(17)16(7)22-23(18,19)20;1-3-4-5-6(7)8-2;1-2-3-4-5(8)7-6;1-2-3-4-5(6)7;5-3-1-2-4(6)7;1-2;/h4-8,16,18H,2-3,9-14H2,1H3,(H,21,25);4-8,15-16H,2-3,9-13H2,1H3;1-5,11-12H,6-9H2,(H,17,18);8-9,18H,2-7H2,1H3;7-8H,1-6,12H2,(H,18,19,20);3-5H2,1-2H3;2-4,6H2,1H3,(H,7,8);2-4H2,1H3,(H,6,7);1-3,5H2,(H,6,7);1-2H2;1H2/t16-,18+;15-,16+;11-,12+;8-,9+;7-,8+;;;;;;/m11111....../s1. The van der Waals surface area contributed by atoms with E-state index in [2.05, 4.69) is 75.9 Å². The van der Waals surface area contributed by atoms with Crippen LogP contribution >= 0.6 is 0 Å². The average Bonchev–Trinajstić information content (AvgIpc) is 1.58. The fourth-order valence-corrected chi connectivity index (χ4v) is 17.3. The third kappa shape index (κ3) is 39.1. The number of benzene rings is 3. The minimum atomic E-state index is -4.75. The van der Waals surface area contributed by atoms with Gasteiger partial charge in [0.25, 0.3) is 0 Å². The summed E-state index contributed by atoms with van der Waals surface area (Å²) in [6, 6.07) is 24.9. The molecule has 16 rings (SSSR count). The Morgan fingerprint density at radius 3 is 1.14 bits per heavy atom. The van der Waals surface area contributed by atoms with E-state index in [0.29, 0.717) is 183 Å². The van der Waals surface area contributed by atoms with Gasteiger partial charge in [-0.3, -0.25) is 70.2 Å². The van der Waals surface area contributed by atoms with Crippen molar-refractivity contribution in [2.24, 2.45) is 29.0 Å². The molecule has 0 aliphatic carbocycles. The van der Waals surface area contributed by atoms with Gasteiger partial charge in [0.1, 0.15) is 50.0 Å². The molecule has 13 heterocycles. The zero-order chi connectivity index (χ0) is 107. The van der Waals surface area contributed by atoms with Gasteiger partial charge in [-0.05, 0) is 145 Å². The lowest BCUT2D eigenvalue weighted by Crippen LogP contribution is -2.50. The molecule has 0 radical (unpaired) electrons. The minimum absolute atomic E-state index is 0. The number of nitrogens with two attached hydrogens (primary N) is 5. The summed E-state index contributed by atoms with van der Waals surface area (Å²) in [6.45, 7) is 16.7. The smallest absolute Gasteiger partial charge is 0.418 e. The number of carbonyl (C=O) groups excluding carboxylic acids is 9. The Morgan fingerprint density at radius 1 is 0.426 bits per heavy atom. The molecule has 10 aliphatic rings. The molecule has 52 heteroatoms. The Kier molecular flexibility index (Phi) is 55.3. The summed E-state index contributed by atoms with van der Waals surface area (Å²) in [5.74, 6) is 13.1. The summed E-state index contributed by atoms with van der Waals surface area (Å²) in [5, 5.41) is 67.6. The number of hydroxylamine groups is 10. The van der Waals surface area contributed by atoms with Crippen LogP contribution in [0.2, 0.25) is 0 Å². The molecule has 6 aromatic rings. The van der Waals surface area contributed by atoms with Crippen LogP contribution in [0.1, 0.15) is 298 Å². The monoisotopic (exact) mass is 2110 g/mol. The van der Waals surface area contributed by atoms with Gasteiger partial charge in [0.2, 0.25) is 47.2 Å². The quantitative estimate of drug-likeness (QED) is 0.00424. The molecule has 10 fully saturated rings. The fourth-order valence-electron chi connectivity index (χ4n) is 16.9. The van der Waals surface area contributed by atoms with Crippen LogP contribution in [-0.4, -0.2) is 293 Å². The van der Waals surface area contributed by atoms with Gasteiger partial charge in [-0.15, -0.1) is 34.9 Å². The van der Waals surface area contributed by atoms with E-state index in [1.54, 1.807) is 14.7 Å². The van der Waals surface area contributed by atoms with E-state index in [1.165, 1.54) is 32.1 Å². The molecule has 0 unspecified atom stereocenters. The van der Waals surface area contributed by atoms with Crippen molar-refractivity contribution in [3.8, 4) is 0 Å². The highest BCUT2D eigenvalue weighted by Crippen LogP contribution is 2.42. The van der Waals surface area contributed by atoms with Gasteiger partial charge in [0.15, 0.2) is 5.78 Å². The van der Waals surface area contributed by atoms with Crippen molar-refractivity contribution in [1.82, 2.24) is 91.2 Å². The number of urea groups is 5. The molecular weight excluding hydrogens is 1960 g/mol. The molecular formula is C96H151N23O28S. The first kappa shape index (κ1) is 124. The summed E-state index contributed by atoms with van der Waals surface area (Å²) in [5.41, 5.74) is 15.5. The summed E-state index contributed by atoms with van der Waals surface area (Å²) in [4.78, 5) is 162. The topological polar surface area (TPSA) is 721 Å². The summed E-state index contributed by atoms with van der Waals surface area (Å²) >= 11 is 0. The molecule has 10 bridgehead atoms. The van der Waals surface area contributed by atoms with Crippen molar-refractivity contribution in [2.75, 3.05) is 59.5 Å². The lowest BCUT2D eigenvalue weighted by molar-refractivity contribution is -0.143. The van der Waals surface area contributed by atoms with Gasteiger partial charge in [-0.25, -0.2) is 39.7 Å². The number of hydrogen-bond donors (Lipinski definition) is 12. The van der Waals surface area contributed by atoms with Crippen LogP contribution < -0.4 is 39.7 Å². The zero-order valence-electron chi connectivity index (χ0n) is 85.5. The first-order valence-corrected chi connectivity index (χ1v) is 51.7. The van der Waals surface area contributed by atoms with Crippen LogP contribution in [0.5, 0.6) is 0 Å². The molecule has 10 atom stereocenters. The van der Waals surface area contributed by atoms with E-state index in [1.807, 2.05) is 119 Å². The van der Waals surface area contributed by atoms with E-state index < -0.39 is 58.5 Å². The first-order valence-electron chi connectivity index (χ1n) is 50.4. The van der Waals surface area contributed by atoms with Gasteiger partial charge in [0.05, 0.1) is 43.9 Å². The number of unbranched alkanes of at least 4 members (excludes halogenated alkanes) is 6. The van der Waals surface area contributed by atoms with Crippen molar-refractivity contribution in [3.63, 3.8) is 0 Å². The Hall–Kier alpha value is -12.6. The number of Topliss-reactive ketones (excluding diaryl/α,β-unsaturated/α-hetero) is 1. The average molecular weight is 2110 g/mol. The zero-order valence-corrected chi connectivity index (χ0v) is 86.3. The number of esters is 1. The largest absolute Gasteiger partial charge is 0.481 e. The number of aryl methyl sites for hydroxylation is 3. The van der Waals surface area contributed by atoms with Crippen LogP contribution in [0.4, 0.5) is 24.0 Å². The van der Waals surface area contributed by atoms with Crippen LogP contribution in [-0.2, 0) is 107 Å². The SMILES string of the molecule is CCCCC(=O)CNC(=O)[C@@H]1CC[C@@H]2CN1C(=O)N2OCc1ccccc1.CCCCC(=O)NN.CCCCC(=O)O.CCCCC(=O)OC.CCCCc1nnc([C@@H]2CC[C@@H]3CN2C(=O)N3O)o1.CCCCc1nnc([C@@H]2CC[C@@H]3CN2C(=O)N3OCc2ccccc2)o1.NCCCC(=O)O.NCCCc1nnc([C@@H]2CC[C@@H]3CN2C(=O)N3OS(=O)(=O)O)o1.NN.O.O=C(O)[C@@H]1CC[C@@H]2CN1C(=O)N2OCc1ccccc1. The molecule has 10 saturated heterocycles. The lowest BCUT2D eigenvalue weighted by Gasteiger charge is -2.29. The van der Waals surface area contributed by atoms with E-state index >= 15 is 0 Å². The normalized spacial score (nSPS) is 20.2. The predicted molar refractivity (Wildman–Crippen MR) is 530 cm³/mol. The van der Waals surface area contributed by atoms with Crippen LogP contribution in [0.15, 0.2) is 104 Å². The number of piperidine rings is 5. The van der Waals surface area contributed by atoms with Gasteiger partial charge in [-0.1, -0.05) is 171 Å². The molecule has 148 heavy (non-hydrogen) atoms. The van der Waals surface area contributed by atoms with Gasteiger partial charge in [0, 0.05) is 84.1 Å². The highest BCUT2D eigenvalue weighted by molar-refractivity contribution is 7.80. The van der Waals surface area contributed by atoms with E-state index in [9.17, 15) is 71.2 Å². The molecule has 3 aromatic carbocycles. The number of ketones is 1. The Labute approximate surface area is 861 Å². The van der Waals surface area contributed by atoms with Crippen molar-refractivity contribution in [2.45, 2.75) is 327 Å². The number of carbonyl (C=O) groups is 12. The number of hydrazine groups is 2. The Balaban J connectivity index is 0.000000263. The number of carboxylic acid groups (broad SMARTS) is 3. The number of aliphatic carboxylic acids is 3. The second-order valence-corrected chi connectivity index (χ2v) is 36.9. The summed E-state index contributed by atoms with van der Waals surface area (Å²) in [6.07, 6.45) is 23.9. The second kappa shape index (κ2) is 66.0. The van der Waals surface area contributed by atoms with Crippen LogP contribution in [0.3, 0.4) is 0 Å². The Bertz CT molecular complexity index is 5100. The molecule has 19 N–H and O–H groups in total. The number of nitrogens with zero attached hydrogens (tertiary/aromatic N) is 16. The fraction of sp³-hybridized carbons (Fsp3) is 0.625. The maximum absolute atomic E-state index is 12.8. The number of methoxy groups -OCH3 is 1. The lowest BCUT2D eigenvalue weighted by atomic mass is 10.0. The first-order chi connectivity index (χ1) is 70.8. The molecule has 12 amide bonds. The number of hydrogen-bond acceptors (Lipinski definition) is 34. The number of amides is 12. The van der Waals surface area contributed by atoms with Crippen molar-refractivity contribution in [1.29, 1.82) is 0 Å². The third-order valence-corrected chi connectivity index (χ3v) is 25.3. The van der Waals surface area contributed by atoms with E-state index in [-0.39, 0.29) is 109 Å². The van der Waals surface area contributed by atoms with E-state index in [0.717, 1.165) is 137 Å². The Morgan fingerprint density at radius 2 is 0.764 bits per heavy atom. The predicted octanol–water partition coefficient (Wildman–Crippen LogP) is 9.18. The molecule has 0 spiro atoms. The minimum Gasteiger partial charge on any atom is -0.481 e. The maximum Gasteiger partial charge on any atom is 0.418 e. The van der Waals surface area contributed by atoms with Crippen LogP contribution in [0.25, 0.3) is 0 Å². The highest BCUT2D eigenvalue weighted by Gasteiger charge is 2.53. The van der Waals surface area contributed by atoms with E-state index in [4.69, 9.17) is 64.9 Å². The number of nitrogens with one attached hydrogen (secondary N) is 2. The number of rotatable bonds is 42. The van der Waals surface area contributed by atoms with Gasteiger partial charge in [-0.2, -0.15) is 28.7 Å². The van der Waals surface area contributed by atoms with Crippen molar-refractivity contribution >= 4 is 82.0 Å². The van der Waals surface area contributed by atoms with Crippen molar-refractivity contribution in [3.05, 3.63) is 143 Å². The third-order valence-electron chi connectivity index (χ3n) is 24.9. The highest BCUT2D eigenvalue weighted by atomic mass is 32.3. The molecule has 3 aromatic heterocycles. The van der Waals surface area contributed by atoms with Gasteiger partial charge < -0.3 is 80.1 Å².